The molecular weight excluding hydrogens is 548 g/mol. The molecule has 3 aromatic carbocycles. The Labute approximate surface area is 242 Å². The molecule has 0 unspecified atom stereocenters. The summed E-state index contributed by atoms with van der Waals surface area (Å²) in [6.07, 6.45) is 1.50. The molecule has 1 aromatic heterocycles. The van der Waals surface area contributed by atoms with Crippen LogP contribution in [0.2, 0.25) is 5.02 Å². The van der Waals surface area contributed by atoms with E-state index in [1.54, 1.807) is 47.4 Å². The third-order valence-electron chi connectivity index (χ3n) is 6.42. The first-order valence-electron chi connectivity index (χ1n) is 12.7. The molecule has 1 fully saturated rings. The SMILES string of the molecule is O=C(NC(=S)Nc1ccc(N2CCN(C(=O)c3ccco3)CC2)c(Cl)c1)c1cccc(OCc2ccccc2)c1. The number of furan rings is 1. The van der Waals surface area contributed by atoms with Gasteiger partial charge in [0, 0.05) is 37.4 Å². The van der Waals surface area contributed by atoms with E-state index in [1.165, 1.54) is 6.26 Å². The number of thiocarbonyl (C=S) groups is 1. The van der Waals surface area contributed by atoms with Crippen molar-refractivity contribution in [1.29, 1.82) is 0 Å². The maximum absolute atomic E-state index is 12.8. The molecule has 2 N–H and O–H groups in total. The summed E-state index contributed by atoms with van der Waals surface area (Å²) in [6, 6.07) is 25.6. The molecule has 10 heteroatoms. The smallest absolute Gasteiger partial charge is 0.289 e. The summed E-state index contributed by atoms with van der Waals surface area (Å²) < 4.78 is 11.0. The van der Waals surface area contributed by atoms with E-state index >= 15 is 0 Å². The number of hydrogen-bond donors (Lipinski definition) is 2. The zero-order valence-corrected chi connectivity index (χ0v) is 23.1. The maximum atomic E-state index is 12.8. The fourth-order valence-corrected chi connectivity index (χ4v) is 4.86. The van der Waals surface area contributed by atoms with Gasteiger partial charge >= 0.3 is 0 Å². The number of amides is 2. The quantitative estimate of drug-likeness (QED) is 0.278. The Kier molecular flexibility index (Phi) is 8.63. The van der Waals surface area contributed by atoms with Gasteiger partial charge in [0.05, 0.1) is 17.0 Å². The Bertz CT molecular complexity index is 1490. The van der Waals surface area contributed by atoms with E-state index in [2.05, 4.69) is 15.5 Å². The van der Waals surface area contributed by atoms with Crippen LogP contribution in [0.5, 0.6) is 5.75 Å². The van der Waals surface area contributed by atoms with Gasteiger partial charge in [-0.2, -0.15) is 0 Å². The van der Waals surface area contributed by atoms with E-state index in [-0.39, 0.29) is 16.9 Å². The first-order chi connectivity index (χ1) is 19.5. The Morgan fingerprint density at radius 2 is 1.73 bits per heavy atom. The van der Waals surface area contributed by atoms with Crippen molar-refractivity contribution in [2.45, 2.75) is 6.61 Å². The molecular formula is C30H27ClN4O4S. The lowest BCUT2D eigenvalue weighted by Gasteiger charge is -2.36. The number of ether oxygens (including phenoxy) is 1. The Hall–Kier alpha value is -4.34. The van der Waals surface area contributed by atoms with Crippen molar-refractivity contribution in [2.24, 2.45) is 0 Å². The van der Waals surface area contributed by atoms with Gasteiger partial charge in [0.2, 0.25) is 0 Å². The third-order valence-corrected chi connectivity index (χ3v) is 6.92. The van der Waals surface area contributed by atoms with Crippen molar-refractivity contribution < 1.29 is 18.7 Å². The summed E-state index contributed by atoms with van der Waals surface area (Å²) in [5.74, 6) is 0.461. The first-order valence-corrected chi connectivity index (χ1v) is 13.5. The van der Waals surface area contributed by atoms with Crippen LogP contribution in [0.1, 0.15) is 26.5 Å². The number of rotatable bonds is 7. The number of nitrogens with one attached hydrogen (secondary N) is 2. The number of benzene rings is 3. The number of piperazine rings is 1. The second-order valence-corrected chi connectivity index (χ2v) is 9.95. The average Bonchev–Trinajstić information content (AvgIpc) is 3.52. The molecule has 204 valence electrons. The summed E-state index contributed by atoms with van der Waals surface area (Å²) >= 11 is 12.0. The summed E-state index contributed by atoms with van der Waals surface area (Å²) in [4.78, 5) is 29.2. The minimum atomic E-state index is -0.354. The van der Waals surface area contributed by atoms with Crippen LogP contribution in [-0.2, 0) is 6.61 Å². The van der Waals surface area contributed by atoms with Crippen molar-refractivity contribution in [2.75, 3.05) is 36.4 Å². The number of nitrogens with zero attached hydrogens (tertiary/aromatic N) is 2. The topological polar surface area (TPSA) is 87.1 Å². The fourth-order valence-electron chi connectivity index (χ4n) is 4.35. The van der Waals surface area contributed by atoms with Crippen LogP contribution < -0.4 is 20.3 Å². The zero-order chi connectivity index (χ0) is 27.9. The van der Waals surface area contributed by atoms with Crippen LogP contribution in [0, 0.1) is 0 Å². The molecule has 1 aliphatic heterocycles. The zero-order valence-electron chi connectivity index (χ0n) is 21.5. The van der Waals surface area contributed by atoms with Gasteiger partial charge in [-0.05, 0) is 66.3 Å². The van der Waals surface area contributed by atoms with Gasteiger partial charge in [0.25, 0.3) is 11.8 Å². The summed E-state index contributed by atoms with van der Waals surface area (Å²) in [5, 5.41) is 6.39. The Morgan fingerprint density at radius 3 is 2.45 bits per heavy atom. The lowest BCUT2D eigenvalue weighted by molar-refractivity contribution is 0.0714. The second-order valence-electron chi connectivity index (χ2n) is 9.13. The molecule has 0 radical (unpaired) electrons. The molecule has 40 heavy (non-hydrogen) atoms. The molecule has 4 aromatic rings. The van der Waals surface area contributed by atoms with Gasteiger partial charge in [-0.25, -0.2) is 0 Å². The van der Waals surface area contributed by atoms with Crippen LogP contribution >= 0.6 is 23.8 Å². The van der Waals surface area contributed by atoms with E-state index in [0.717, 1.165) is 11.3 Å². The van der Waals surface area contributed by atoms with Crippen molar-refractivity contribution >= 4 is 52.1 Å². The van der Waals surface area contributed by atoms with Crippen molar-refractivity contribution in [3.8, 4) is 5.75 Å². The second kappa shape index (κ2) is 12.7. The van der Waals surface area contributed by atoms with E-state index in [9.17, 15) is 9.59 Å². The average molecular weight is 575 g/mol. The van der Waals surface area contributed by atoms with Gasteiger partial charge in [-0.3, -0.25) is 14.9 Å². The molecule has 2 amide bonds. The van der Waals surface area contributed by atoms with Gasteiger partial charge in [-0.1, -0.05) is 48.0 Å². The minimum absolute atomic E-state index is 0.114. The highest BCUT2D eigenvalue weighted by Gasteiger charge is 2.24. The monoisotopic (exact) mass is 574 g/mol. The van der Waals surface area contributed by atoms with Crippen LogP contribution in [0.4, 0.5) is 11.4 Å². The van der Waals surface area contributed by atoms with Crippen LogP contribution in [-0.4, -0.2) is 48.0 Å². The van der Waals surface area contributed by atoms with E-state index < -0.39 is 0 Å². The lowest BCUT2D eigenvalue weighted by Crippen LogP contribution is -2.48. The summed E-state index contributed by atoms with van der Waals surface area (Å²) in [6.45, 7) is 2.80. The number of hydrogen-bond acceptors (Lipinski definition) is 6. The van der Waals surface area contributed by atoms with Gasteiger partial charge in [0.15, 0.2) is 10.9 Å². The lowest BCUT2D eigenvalue weighted by atomic mass is 10.2. The third kappa shape index (κ3) is 6.80. The predicted molar refractivity (Wildman–Crippen MR) is 159 cm³/mol. The van der Waals surface area contributed by atoms with Gasteiger partial charge in [0.1, 0.15) is 12.4 Å². The number of anilines is 2. The summed E-state index contributed by atoms with van der Waals surface area (Å²) in [5.41, 5.74) is 2.97. The molecule has 0 saturated carbocycles. The number of carbonyl (C=O) groups is 2. The molecule has 0 aliphatic carbocycles. The molecule has 1 saturated heterocycles. The first kappa shape index (κ1) is 27.2. The molecule has 2 heterocycles. The van der Waals surface area contributed by atoms with Crippen LogP contribution in [0.25, 0.3) is 0 Å². The molecule has 1 aliphatic rings. The van der Waals surface area contributed by atoms with Crippen molar-refractivity contribution in [3.63, 3.8) is 0 Å². The van der Waals surface area contributed by atoms with E-state index in [1.807, 2.05) is 42.5 Å². The predicted octanol–water partition coefficient (Wildman–Crippen LogP) is 5.60. The maximum Gasteiger partial charge on any atom is 0.289 e. The van der Waals surface area contributed by atoms with Gasteiger partial charge < -0.3 is 24.3 Å². The highest BCUT2D eigenvalue weighted by molar-refractivity contribution is 7.80. The fraction of sp³-hybridized carbons (Fsp3) is 0.167. The van der Waals surface area contributed by atoms with E-state index in [4.69, 9.17) is 33.0 Å². The molecule has 0 spiro atoms. The van der Waals surface area contributed by atoms with Crippen molar-refractivity contribution in [3.05, 3.63) is 113 Å². The highest BCUT2D eigenvalue weighted by Crippen LogP contribution is 2.30. The number of halogens is 1. The molecule has 8 nitrogen and oxygen atoms in total. The van der Waals surface area contributed by atoms with E-state index in [0.29, 0.717) is 60.6 Å². The summed E-state index contributed by atoms with van der Waals surface area (Å²) in [7, 11) is 0. The molecule has 5 rings (SSSR count). The number of carbonyl (C=O) groups excluding carboxylic acids is 2. The molecule has 0 atom stereocenters. The van der Waals surface area contributed by atoms with Crippen LogP contribution in [0.15, 0.2) is 95.6 Å². The standard InChI is InChI=1S/C30H27ClN4O4S/c31-25-19-23(11-12-26(25)34-13-15-35(16-14-34)29(37)27-10-5-17-38-27)32-30(40)33-28(36)22-8-4-9-24(18-22)39-20-21-6-2-1-3-7-21/h1-12,17-19H,13-16,20H2,(H2,32,33,36,40). The Balaban J connectivity index is 1.13. The van der Waals surface area contributed by atoms with Gasteiger partial charge in [-0.15, -0.1) is 0 Å². The minimum Gasteiger partial charge on any atom is -0.489 e. The van der Waals surface area contributed by atoms with Crippen molar-refractivity contribution in [1.82, 2.24) is 10.2 Å². The highest BCUT2D eigenvalue weighted by atomic mass is 35.5. The van der Waals surface area contributed by atoms with Crippen LogP contribution in [0.3, 0.4) is 0 Å². The normalized spacial score (nSPS) is 13.0. The molecule has 0 bridgehead atoms. The largest absolute Gasteiger partial charge is 0.489 e. The Morgan fingerprint density at radius 1 is 0.925 bits per heavy atom.